The van der Waals surface area contributed by atoms with Gasteiger partial charge in [0.2, 0.25) is 0 Å². The van der Waals surface area contributed by atoms with E-state index in [4.69, 9.17) is 11.6 Å². The molecule has 1 saturated heterocycles. The summed E-state index contributed by atoms with van der Waals surface area (Å²) < 4.78 is 23.1. The van der Waals surface area contributed by atoms with Crippen molar-refractivity contribution in [2.24, 2.45) is 0 Å². The second kappa shape index (κ2) is 5.19. The fourth-order valence-electron chi connectivity index (χ4n) is 1.82. The van der Waals surface area contributed by atoms with E-state index in [0.717, 1.165) is 0 Å². The molecule has 1 fully saturated rings. The van der Waals surface area contributed by atoms with Crippen LogP contribution in [0.15, 0.2) is 12.1 Å². The van der Waals surface area contributed by atoms with E-state index in [1.165, 1.54) is 12.1 Å². The smallest absolute Gasteiger partial charge is 0.271 e. The van der Waals surface area contributed by atoms with Crippen LogP contribution in [0.1, 0.15) is 23.3 Å². The number of nitrogens with one attached hydrogen (secondary N) is 1. The molecule has 1 amide bonds. The largest absolute Gasteiger partial charge is 0.349 e. The maximum Gasteiger partial charge on any atom is 0.271 e. The van der Waals surface area contributed by atoms with Crippen LogP contribution in [0.2, 0.25) is 5.15 Å². The molecule has 2 rings (SSSR count). The van der Waals surface area contributed by atoms with Crippen LogP contribution in [-0.2, 0) is 9.84 Å². The average molecular weight is 290 g/mol. The van der Waals surface area contributed by atoms with Gasteiger partial charge in [-0.05, 0) is 25.0 Å². The Hall–Kier alpha value is -1.21. The predicted molar refractivity (Wildman–Crippen MR) is 66.2 cm³/mol. The Labute approximate surface area is 110 Å². The van der Waals surface area contributed by atoms with Crippen molar-refractivity contribution in [3.8, 4) is 0 Å². The molecule has 1 N–H and O–H groups in total. The molecule has 1 aliphatic heterocycles. The third kappa shape index (κ3) is 2.97. The summed E-state index contributed by atoms with van der Waals surface area (Å²) in [6.45, 7) is 0.117. The van der Waals surface area contributed by atoms with E-state index in [-0.39, 0.29) is 23.1 Å². The Bertz CT molecular complexity index is 544. The second-order valence-electron chi connectivity index (χ2n) is 4.08. The van der Waals surface area contributed by atoms with Gasteiger partial charge in [0.1, 0.15) is 0 Å². The van der Waals surface area contributed by atoms with Gasteiger partial charge in [-0.25, -0.2) is 8.42 Å². The monoisotopic (exact) mass is 289 g/mol. The van der Waals surface area contributed by atoms with Gasteiger partial charge in [0.05, 0.1) is 11.0 Å². The molecule has 98 valence electrons. The summed E-state index contributed by atoms with van der Waals surface area (Å²) in [5, 5.41) is 9.43. The van der Waals surface area contributed by atoms with Crippen LogP contribution in [0.4, 0.5) is 0 Å². The maximum absolute atomic E-state index is 11.7. The molecule has 2 heterocycles. The number of carbonyl (C=O) groups excluding carboxylic acids is 1. The fourth-order valence-corrected chi connectivity index (χ4v) is 3.69. The number of hydrogen-bond acceptors (Lipinski definition) is 5. The number of nitrogens with zero attached hydrogens (tertiary/aromatic N) is 2. The van der Waals surface area contributed by atoms with Crippen LogP contribution in [-0.4, -0.2) is 42.1 Å². The van der Waals surface area contributed by atoms with Crippen LogP contribution in [0.3, 0.4) is 0 Å². The van der Waals surface area contributed by atoms with Crippen LogP contribution in [0.5, 0.6) is 0 Å². The molecule has 6 nitrogen and oxygen atoms in total. The Morgan fingerprint density at radius 1 is 1.44 bits per heavy atom. The molecule has 1 aromatic heterocycles. The Balaban J connectivity index is 1.95. The SMILES string of the molecule is O=C(NCC1CCCS1(=O)=O)c1ccc(Cl)nn1. The summed E-state index contributed by atoms with van der Waals surface area (Å²) in [6, 6.07) is 2.89. The van der Waals surface area contributed by atoms with Gasteiger partial charge in [0.15, 0.2) is 20.7 Å². The topological polar surface area (TPSA) is 89.0 Å². The number of aromatic nitrogens is 2. The minimum absolute atomic E-state index is 0.117. The van der Waals surface area contributed by atoms with Crippen molar-refractivity contribution < 1.29 is 13.2 Å². The number of halogens is 1. The highest BCUT2D eigenvalue weighted by atomic mass is 35.5. The van der Waals surface area contributed by atoms with Gasteiger partial charge < -0.3 is 5.32 Å². The highest BCUT2D eigenvalue weighted by molar-refractivity contribution is 7.92. The van der Waals surface area contributed by atoms with Gasteiger partial charge in [-0.3, -0.25) is 4.79 Å². The van der Waals surface area contributed by atoms with E-state index in [9.17, 15) is 13.2 Å². The van der Waals surface area contributed by atoms with Crippen LogP contribution >= 0.6 is 11.6 Å². The first-order chi connectivity index (χ1) is 8.49. The molecule has 0 radical (unpaired) electrons. The van der Waals surface area contributed by atoms with Crippen LogP contribution < -0.4 is 5.32 Å². The second-order valence-corrected chi connectivity index (χ2v) is 6.87. The highest BCUT2D eigenvalue weighted by Crippen LogP contribution is 2.19. The molecule has 0 aliphatic carbocycles. The summed E-state index contributed by atoms with van der Waals surface area (Å²) in [4.78, 5) is 11.7. The molecule has 0 aromatic carbocycles. The van der Waals surface area contributed by atoms with Crippen molar-refractivity contribution in [2.45, 2.75) is 18.1 Å². The fraction of sp³-hybridized carbons (Fsp3) is 0.500. The molecule has 1 aromatic rings. The molecule has 0 bridgehead atoms. The van der Waals surface area contributed by atoms with Gasteiger partial charge in [0.25, 0.3) is 5.91 Å². The van der Waals surface area contributed by atoms with E-state index in [1.807, 2.05) is 0 Å². The van der Waals surface area contributed by atoms with E-state index in [1.54, 1.807) is 0 Å². The standard InChI is InChI=1S/C10H12ClN3O3S/c11-9-4-3-8(13-14-9)10(15)12-6-7-2-1-5-18(7,16)17/h3-4,7H,1-2,5-6H2,(H,12,15). The Morgan fingerprint density at radius 2 is 2.22 bits per heavy atom. The van der Waals surface area contributed by atoms with Crippen molar-refractivity contribution in [1.82, 2.24) is 15.5 Å². The molecule has 1 unspecified atom stereocenters. The van der Waals surface area contributed by atoms with E-state index in [2.05, 4.69) is 15.5 Å². The van der Waals surface area contributed by atoms with Crippen molar-refractivity contribution >= 4 is 27.3 Å². The molecule has 0 saturated carbocycles. The normalized spacial score (nSPS) is 21.7. The molecule has 18 heavy (non-hydrogen) atoms. The van der Waals surface area contributed by atoms with Gasteiger partial charge >= 0.3 is 0 Å². The van der Waals surface area contributed by atoms with E-state index in [0.29, 0.717) is 12.8 Å². The lowest BCUT2D eigenvalue weighted by molar-refractivity contribution is 0.0947. The first-order valence-electron chi connectivity index (χ1n) is 5.48. The molecule has 0 spiro atoms. The summed E-state index contributed by atoms with van der Waals surface area (Å²) in [5.41, 5.74) is 0.120. The van der Waals surface area contributed by atoms with Gasteiger partial charge in [-0.1, -0.05) is 11.6 Å². The van der Waals surface area contributed by atoms with Crippen molar-refractivity contribution in [3.05, 3.63) is 23.0 Å². The number of rotatable bonds is 3. The quantitative estimate of drug-likeness (QED) is 0.872. The first kappa shape index (κ1) is 13.2. The lowest BCUT2D eigenvalue weighted by atomic mass is 10.2. The van der Waals surface area contributed by atoms with Crippen molar-refractivity contribution in [2.75, 3.05) is 12.3 Å². The molecule has 1 atom stereocenters. The number of carbonyl (C=O) groups is 1. The van der Waals surface area contributed by atoms with E-state index < -0.39 is 21.0 Å². The highest BCUT2D eigenvalue weighted by Gasteiger charge is 2.31. The molecular weight excluding hydrogens is 278 g/mol. The summed E-state index contributed by atoms with van der Waals surface area (Å²) in [5.74, 6) is -0.241. The summed E-state index contributed by atoms with van der Waals surface area (Å²) >= 11 is 5.55. The third-order valence-corrected chi connectivity index (χ3v) is 5.30. The summed E-state index contributed by atoms with van der Waals surface area (Å²) in [6.07, 6.45) is 1.25. The zero-order valence-electron chi connectivity index (χ0n) is 9.47. The zero-order chi connectivity index (χ0) is 13.2. The number of sulfone groups is 1. The van der Waals surface area contributed by atoms with E-state index >= 15 is 0 Å². The van der Waals surface area contributed by atoms with Crippen molar-refractivity contribution in [1.29, 1.82) is 0 Å². The Kier molecular flexibility index (Phi) is 3.82. The molecular formula is C10H12ClN3O3S. The molecule has 8 heteroatoms. The Morgan fingerprint density at radius 3 is 2.78 bits per heavy atom. The molecule has 1 aliphatic rings. The van der Waals surface area contributed by atoms with Crippen LogP contribution in [0.25, 0.3) is 0 Å². The number of amides is 1. The number of hydrogen-bond donors (Lipinski definition) is 1. The minimum atomic E-state index is -3.04. The minimum Gasteiger partial charge on any atom is -0.349 e. The van der Waals surface area contributed by atoms with Crippen molar-refractivity contribution in [3.63, 3.8) is 0 Å². The first-order valence-corrected chi connectivity index (χ1v) is 7.57. The van der Waals surface area contributed by atoms with Gasteiger partial charge in [-0.15, -0.1) is 10.2 Å². The van der Waals surface area contributed by atoms with Gasteiger partial charge in [-0.2, -0.15) is 0 Å². The van der Waals surface area contributed by atoms with Gasteiger partial charge in [0, 0.05) is 6.54 Å². The summed E-state index contributed by atoms with van der Waals surface area (Å²) in [7, 11) is -3.04. The van der Waals surface area contributed by atoms with Crippen LogP contribution in [0, 0.1) is 0 Å². The average Bonchev–Trinajstić information content (AvgIpc) is 2.66. The predicted octanol–water partition coefficient (Wildman–Crippen LogP) is 0.437. The lowest BCUT2D eigenvalue weighted by Gasteiger charge is -2.10. The lowest BCUT2D eigenvalue weighted by Crippen LogP contribution is -2.35. The maximum atomic E-state index is 11.7. The third-order valence-electron chi connectivity index (χ3n) is 2.82. The zero-order valence-corrected chi connectivity index (χ0v) is 11.0.